The van der Waals surface area contributed by atoms with Crippen LogP contribution in [-0.2, 0) is 11.0 Å². The Kier molecular flexibility index (Phi) is 7.00. The average molecular weight is 374 g/mol. The van der Waals surface area contributed by atoms with Gasteiger partial charge in [0.25, 0.3) is 0 Å². The highest BCUT2D eigenvalue weighted by Crippen LogP contribution is 2.29. The molecule has 0 atom stereocenters. The molecular formula is C20H17F3N2O2. The van der Waals surface area contributed by atoms with E-state index in [0.29, 0.717) is 30.9 Å². The van der Waals surface area contributed by atoms with Crippen LogP contribution in [0.15, 0.2) is 54.6 Å². The lowest BCUT2D eigenvalue weighted by Crippen LogP contribution is -2.08. The first-order valence-electron chi connectivity index (χ1n) is 8.14. The van der Waals surface area contributed by atoms with Gasteiger partial charge >= 0.3 is 6.18 Å². The zero-order valence-corrected chi connectivity index (χ0v) is 14.3. The number of nitriles is 1. The first-order valence-corrected chi connectivity index (χ1v) is 8.14. The van der Waals surface area contributed by atoms with Crippen molar-refractivity contribution >= 4 is 17.7 Å². The van der Waals surface area contributed by atoms with E-state index in [-0.39, 0.29) is 5.56 Å². The van der Waals surface area contributed by atoms with Crippen LogP contribution in [0.4, 0.5) is 18.9 Å². The number of rotatable bonds is 7. The minimum absolute atomic E-state index is 0.273. The largest absolute Gasteiger partial charge is 0.493 e. The number of nitrogens with one attached hydrogen (secondary N) is 1. The highest BCUT2D eigenvalue weighted by molar-refractivity contribution is 6.02. The van der Waals surface area contributed by atoms with Crippen LogP contribution in [0.2, 0.25) is 0 Å². The summed E-state index contributed by atoms with van der Waals surface area (Å²) in [5.74, 6) is 0.0710. The van der Waals surface area contributed by atoms with E-state index in [1.54, 1.807) is 24.3 Å². The summed E-state index contributed by atoms with van der Waals surface area (Å²) in [7, 11) is 0. The van der Waals surface area contributed by atoms with Crippen LogP contribution < -0.4 is 10.1 Å². The second-order valence-electron chi connectivity index (χ2n) is 5.58. The van der Waals surface area contributed by atoms with Crippen molar-refractivity contribution in [1.29, 1.82) is 5.26 Å². The zero-order chi connectivity index (χ0) is 19.7. The lowest BCUT2D eigenvalue weighted by molar-refractivity contribution is -0.137. The summed E-state index contributed by atoms with van der Waals surface area (Å²) < 4.78 is 43.6. The quantitative estimate of drug-likeness (QED) is 0.546. The second-order valence-corrected chi connectivity index (χ2v) is 5.58. The maximum Gasteiger partial charge on any atom is 0.416 e. The molecule has 0 aliphatic heterocycles. The van der Waals surface area contributed by atoms with E-state index < -0.39 is 17.6 Å². The fraction of sp³-hybridized carbons (Fsp3) is 0.200. The Labute approximate surface area is 154 Å². The summed E-state index contributed by atoms with van der Waals surface area (Å²) >= 11 is 0. The van der Waals surface area contributed by atoms with Crippen LogP contribution in [-0.4, -0.2) is 12.5 Å². The zero-order valence-electron chi connectivity index (χ0n) is 14.3. The first kappa shape index (κ1) is 20.0. The molecule has 0 heterocycles. The summed E-state index contributed by atoms with van der Waals surface area (Å²) in [5.41, 5.74) is -0.00710. The van der Waals surface area contributed by atoms with Crippen LogP contribution in [0.25, 0.3) is 6.08 Å². The molecular weight excluding hydrogens is 357 g/mol. The minimum atomic E-state index is -4.43. The van der Waals surface area contributed by atoms with Gasteiger partial charge in [-0.3, -0.25) is 4.79 Å². The van der Waals surface area contributed by atoms with Gasteiger partial charge in [-0.15, -0.1) is 0 Å². The summed E-state index contributed by atoms with van der Waals surface area (Å²) in [4.78, 5) is 12.0. The number of benzene rings is 2. The first-order chi connectivity index (χ1) is 12.9. The number of carbonyl (C=O) groups excluding carboxylic acids is 1. The van der Waals surface area contributed by atoms with E-state index in [2.05, 4.69) is 5.32 Å². The Bertz CT molecular complexity index is 855. The van der Waals surface area contributed by atoms with Gasteiger partial charge in [-0.05, 0) is 42.3 Å². The number of unbranched alkanes of at least 4 members (excludes halogenated alkanes) is 1. The molecule has 1 amide bonds. The number of amides is 1. The summed E-state index contributed by atoms with van der Waals surface area (Å²) in [6.07, 6.45) is -0.952. The number of halogens is 3. The maximum atomic E-state index is 12.7. The molecule has 0 aliphatic rings. The lowest BCUT2D eigenvalue weighted by atomic mass is 10.1. The Morgan fingerprint density at radius 2 is 1.96 bits per heavy atom. The minimum Gasteiger partial charge on any atom is -0.493 e. The molecule has 1 N–H and O–H groups in total. The van der Waals surface area contributed by atoms with Crippen molar-refractivity contribution in [3.8, 4) is 11.8 Å². The number of carbonyl (C=O) groups is 1. The predicted octanol–water partition coefficient (Wildman–Crippen LogP) is 5.04. The Morgan fingerprint density at radius 3 is 2.70 bits per heavy atom. The third-order valence-corrected chi connectivity index (χ3v) is 3.44. The van der Waals surface area contributed by atoms with Crippen molar-refractivity contribution < 1.29 is 22.7 Å². The van der Waals surface area contributed by atoms with Crippen LogP contribution in [0.3, 0.4) is 0 Å². The molecule has 0 aliphatic carbocycles. The number of hydrogen-bond acceptors (Lipinski definition) is 3. The molecule has 4 nitrogen and oxygen atoms in total. The number of nitrogens with zero attached hydrogens (tertiary/aromatic N) is 1. The molecule has 2 rings (SSSR count). The molecule has 0 aromatic heterocycles. The number of ether oxygens (including phenoxy) is 1. The van der Waals surface area contributed by atoms with E-state index in [1.165, 1.54) is 18.2 Å². The van der Waals surface area contributed by atoms with Gasteiger partial charge in [0, 0.05) is 24.3 Å². The summed E-state index contributed by atoms with van der Waals surface area (Å²) in [6, 6.07) is 13.4. The fourth-order valence-corrected chi connectivity index (χ4v) is 2.18. The van der Waals surface area contributed by atoms with Crippen molar-refractivity contribution in [1.82, 2.24) is 0 Å². The van der Waals surface area contributed by atoms with Crippen molar-refractivity contribution in [2.24, 2.45) is 0 Å². The number of alkyl halides is 3. The van der Waals surface area contributed by atoms with E-state index in [4.69, 9.17) is 10.00 Å². The maximum absolute atomic E-state index is 12.7. The second kappa shape index (κ2) is 9.43. The van der Waals surface area contributed by atoms with Gasteiger partial charge in [-0.1, -0.05) is 18.2 Å². The van der Waals surface area contributed by atoms with E-state index in [0.717, 1.165) is 18.2 Å². The molecule has 2 aromatic carbocycles. The average Bonchev–Trinajstić information content (AvgIpc) is 2.63. The van der Waals surface area contributed by atoms with Gasteiger partial charge in [0.1, 0.15) is 5.75 Å². The molecule has 7 heteroatoms. The van der Waals surface area contributed by atoms with Crippen LogP contribution >= 0.6 is 0 Å². The summed E-state index contributed by atoms with van der Waals surface area (Å²) in [6.45, 7) is 0.389. The number of anilines is 1. The van der Waals surface area contributed by atoms with E-state index in [9.17, 15) is 18.0 Å². The summed E-state index contributed by atoms with van der Waals surface area (Å²) in [5, 5.41) is 11.1. The lowest BCUT2D eigenvalue weighted by Gasteiger charge is -2.08. The molecule has 0 spiro atoms. The molecule has 0 radical (unpaired) electrons. The number of hydrogen-bond donors (Lipinski definition) is 1. The monoisotopic (exact) mass is 374 g/mol. The molecule has 27 heavy (non-hydrogen) atoms. The predicted molar refractivity (Wildman–Crippen MR) is 95.9 cm³/mol. The molecule has 2 aromatic rings. The fourth-order valence-electron chi connectivity index (χ4n) is 2.18. The smallest absolute Gasteiger partial charge is 0.416 e. The van der Waals surface area contributed by atoms with Crippen molar-refractivity contribution in [2.75, 3.05) is 11.9 Å². The van der Waals surface area contributed by atoms with E-state index >= 15 is 0 Å². The Hall–Kier alpha value is -3.27. The van der Waals surface area contributed by atoms with Gasteiger partial charge in [0.2, 0.25) is 5.91 Å². The molecule has 0 fully saturated rings. The van der Waals surface area contributed by atoms with Crippen molar-refractivity contribution in [3.63, 3.8) is 0 Å². The van der Waals surface area contributed by atoms with Crippen LogP contribution in [0.1, 0.15) is 24.0 Å². The standard InChI is InChI=1S/C20H17F3N2O2/c21-20(22,23)16-6-3-5-15(13-16)9-10-19(26)25-17-7-4-8-18(14-17)27-12-2-1-11-24/h3-10,13-14H,1-2,12H2,(H,25,26)/b10-9+. The Morgan fingerprint density at radius 1 is 1.19 bits per heavy atom. The molecule has 0 saturated carbocycles. The molecule has 0 bridgehead atoms. The topological polar surface area (TPSA) is 62.1 Å². The Balaban J connectivity index is 1.96. The van der Waals surface area contributed by atoms with Gasteiger partial charge in [0.05, 0.1) is 18.2 Å². The molecule has 140 valence electrons. The normalized spacial score (nSPS) is 11.2. The van der Waals surface area contributed by atoms with Gasteiger partial charge < -0.3 is 10.1 Å². The SMILES string of the molecule is N#CCCCOc1cccc(NC(=O)/C=C/c2cccc(C(F)(F)F)c2)c1. The molecule has 0 saturated heterocycles. The van der Waals surface area contributed by atoms with E-state index in [1.807, 2.05) is 6.07 Å². The van der Waals surface area contributed by atoms with Crippen molar-refractivity contribution in [2.45, 2.75) is 19.0 Å². The third kappa shape index (κ3) is 6.86. The highest BCUT2D eigenvalue weighted by atomic mass is 19.4. The van der Waals surface area contributed by atoms with Gasteiger partial charge in [0.15, 0.2) is 0 Å². The van der Waals surface area contributed by atoms with Gasteiger partial charge in [-0.2, -0.15) is 18.4 Å². The molecule has 0 unspecified atom stereocenters. The highest BCUT2D eigenvalue weighted by Gasteiger charge is 2.30. The van der Waals surface area contributed by atoms with Gasteiger partial charge in [-0.25, -0.2) is 0 Å². The van der Waals surface area contributed by atoms with Crippen LogP contribution in [0.5, 0.6) is 5.75 Å². The van der Waals surface area contributed by atoms with Crippen LogP contribution in [0, 0.1) is 11.3 Å². The third-order valence-electron chi connectivity index (χ3n) is 3.44. The van der Waals surface area contributed by atoms with Crippen molar-refractivity contribution in [3.05, 3.63) is 65.7 Å².